The van der Waals surface area contributed by atoms with Gasteiger partial charge < -0.3 is 19.9 Å². The zero-order valence-electron chi connectivity index (χ0n) is 15.9. The Morgan fingerprint density at radius 3 is 2.35 bits per heavy atom. The number of fused-ring (bicyclic) bond motifs is 9. The number of hydrogen-bond acceptors (Lipinski definition) is 4. The second-order valence-corrected chi connectivity index (χ2v) is 7.04. The van der Waals surface area contributed by atoms with Crippen LogP contribution >= 0.6 is 11.6 Å². The van der Waals surface area contributed by atoms with Gasteiger partial charge in [0.15, 0.2) is 0 Å². The van der Waals surface area contributed by atoms with Gasteiger partial charge in [-0.1, -0.05) is 17.7 Å². The minimum atomic E-state index is -4.64. The molecule has 0 aliphatic carbocycles. The van der Waals surface area contributed by atoms with Crippen molar-refractivity contribution in [2.45, 2.75) is 18.6 Å². The van der Waals surface area contributed by atoms with Gasteiger partial charge in [-0.3, -0.25) is 4.79 Å². The van der Waals surface area contributed by atoms with Crippen LogP contribution in [0.5, 0.6) is 11.5 Å². The third-order valence-corrected chi connectivity index (χ3v) is 4.73. The zero-order chi connectivity index (χ0) is 22.6. The number of benzene rings is 2. The Hall–Kier alpha value is -3.20. The quantitative estimate of drug-likeness (QED) is 0.632. The molecule has 2 aliphatic heterocycles. The Kier molecular flexibility index (Phi) is 6.74. The SMILES string of the molecule is O=C1N[C@H](C(=O)O)Cc2ccc(c(Cl)c2)OCC=CCOc2cc(C(F)(F)F)ccc21. The predicted molar refractivity (Wildman–Crippen MR) is 106 cm³/mol. The second-order valence-electron chi connectivity index (χ2n) is 6.64. The van der Waals surface area contributed by atoms with Gasteiger partial charge in [0.25, 0.3) is 5.91 Å². The van der Waals surface area contributed by atoms with Gasteiger partial charge in [0.05, 0.1) is 16.1 Å². The lowest BCUT2D eigenvalue weighted by molar-refractivity contribution is -0.139. The van der Waals surface area contributed by atoms with Gasteiger partial charge in [-0.25, -0.2) is 4.79 Å². The summed E-state index contributed by atoms with van der Waals surface area (Å²) >= 11 is 6.17. The Morgan fingerprint density at radius 2 is 1.74 bits per heavy atom. The van der Waals surface area contributed by atoms with Crippen LogP contribution in [0, 0.1) is 0 Å². The van der Waals surface area contributed by atoms with Crippen LogP contribution in [0.4, 0.5) is 13.2 Å². The smallest absolute Gasteiger partial charge is 0.416 e. The molecule has 0 fully saturated rings. The highest BCUT2D eigenvalue weighted by Gasteiger charge is 2.32. The van der Waals surface area contributed by atoms with Crippen molar-refractivity contribution in [2.75, 3.05) is 13.2 Å². The molecule has 1 amide bonds. The number of hydrogen-bond donors (Lipinski definition) is 2. The highest BCUT2D eigenvalue weighted by Crippen LogP contribution is 2.33. The van der Waals surface area contributed by atoms with E-state index >= 15 is 0 Å². The first-order valence-corrected chi connectivity index (χ1v) is 9.47. The van der Waals surface area contributed by atoms with Crippen LogP contribution in [-0.4, -0.2) is 36.2 Å². The maximum Gasteiger partial charge on any atom is 0.416 e. The van der Waals surface area contributed by atoms with E-state index < -0.39 is 29.7 Å². The van der Waals surface area contributed by atoms with Gasteiger partial charge in [-0.15, -0.1) is 0 Å². The van der Waals surface area contributed by atoms with Crippen LogP contribution < -0.4 is 14.8 Å². The summed E-state index contributed by atoms with van der Waals surface area (Å²) in [6.07, 6.45) is -1.64. The van der Waals surface area contributed by atoms with Crippen LogP contribution in [0.3, 0.4) is 0 Å². The zero-order valence-corrected chi connectivity index (χ0v) is 16.7. The summed E-state index contributed by atoms with van der Waals surface area (Å²) in [6, 6.07) is 5.77. The number of ether oxygens (including phenoxy) is 2. The summed E-state index contributed by atoms with van der Waals surface area (Å²) in [5, 5.41) is 12.1. The molecule has 2 aromatic rings. The summed E-state index contributed by atoms with van der Waals surface area (Å²) < 4.78 is 50.1. The fourth-order valence-electron chi connectivity index (χ4n) is 2.88. The lowest BCUT2D eigenvalue weighted by atomic mass is 10.0. The number of carbonyl (C=O) groups is 2. The number of aliphatic carboxylic acids is 1. The fourth-order valence-corrected chi connectivity index (χ4v) is 3.14. The minimum absolute atomic E-state index is 0.0994. The molecule has 0 aromatic heterocycles. The predicted octanol–water partition coefficient (Wildman–Crippen LogP) is 4.11. The molecule has 31 heavy (non-hydrogen) atoms. The van der Waals surface area contributed by atoms with Crippen LogP contribution in [0.15, 0.2) is 48.6 Å². The van der Waals surface area contributed by atoms with Crippen LogP contribution in [0.25, 0.3) is 0 Å². The molecule has 1 atom stereocenters. The van der Waals surface area contributed by atoms with Crippen molar-refractivity contribution in [3.8, 4) is 11.5 Å². The average Bonchev–Trinajstić information content (AvgIpc) is 2.69. The Labute approximate surface area is 180 Å². The van der Waals surface area contributed by atoms with E-state index in [1.54, 1.807) is 18.2 Å². The molecule has 0 spiro atoms. The van der Waals surface area contributed by atoms with Gasteiger partial charge in [0.2, 0.25) is 0 Å². The van der Waals surface area contributed by atoms with Crippen molar-refractivity contribution in [2.24, 2.45) is 0 Å². The minimum Gasteiger partial charge on any atom is -0.489 e. The number of halogens is 4. The van der Waals surface area contributed by atoms with Crippen LogP contribution in [0.2, 0.25) is 5.02 Å². The molecule has 2 aromatic carbocycles. The Bertz CT molecular complexity index is 1020. The highest BCUT2D eigenvalue weighted by atomic mass is 35.5. The summed E-state index contributed by atoms with van der Waals surface area (Å²) in [7, 11) is 0. The molecule has 164 valence electrons. The standard InChI is InChI=1S/C21H17ClF3NO5/c22-15-9-12-3-6-17(15)30-7-1-2-8-31-18-11-13(21(23,24)25)4-5-14(18)19(27)26-16(10-12)20(28)29/h1-6,9,11,16H,7-8,10H2,(H,26,27)(H,28,29)/t16-/m0/s1. The largest absolute Gasteiger partial charge is 0.489 e. The fraction of sp³-hybridized carbons (Fsp3) is 0.238. The van der Waals surface area contributed by atoms with Crippen molar-refractivity contribution < 1.29 is 37.3 Å². The number of carboxylic acids is 1. The highest BCUT2D eigenvalue weighted by molar-refractivity contribution is 6.32. The number of rotatable bonds is 1. The van der Waals surface area contributed by atoms with E-state index in [2.05, 4.69) is 5.32 Å². The molecular formula is C21H17ClF3NO5. The molecular weight excluding hydrogens is 439 g/mol. The summed E-state index contributed by atoms with van der Waals surface area (Å²) in [5.41, 5.74) is -0.689. The average molecular weight is 456 g/mol. The molecule has 0 saturated carbocycles. The Balaban J connectivity index is 1.98. The number of nitrogens with one attached hydrogen (secondary N) is 1. The van der Waals surface area contributed by atoms with Gasteiger partial charge in [0.1, 0.15) is 30.8 Å². The lowest BCUT2D eigenvalue weighted by Crippen LogP contribution is -2.42. The van der Waals surface area contributed by atoms with E-state index in [4.69, 9.17) is 21.1 Å². The lowest BCUT2D eigenvalue weighted by Gasteiger charge is -2.18. The molecule has 0 radical (unpaired) electrons. The Morgan fingerprint density at radius 1 is 1.06 bits per heavy atom. The first kappa shape index (κ1) is 22.5. The molecule has 6 nitrogen and oxygen atoms in total. The molecule has 2 N–H and O–H groups in total. The topological polar surface area (TPSA) is 84.9 Å². The second kappa shape index (κ2) is 9.30. The molecule has 10 heteroatoms. The first-order chi connectivity index (χ1) is 14.6. The van der Waals surface area contributed by atoms with Crippen LogP contribution in [0.1, 0.15) is 21.5 Å². The van der Waals surface area contributed by atoms with E-state index in [-0.39, 0.29) is 36.0 Å². The van der Waals surface area contributed by atoms with Gasteiger partial charge >= 0.3 is 12.1 Å². The summed E-state index contributed by atoms with van der Waals surface area (Å²) in [6.45, 7) is -0.0178. The van der Waals surface area contributed by atoms with Gasteiger partial charge in [-0.2, -0.15) is 13.2 Å². The number of alkyl halides is 3. The van der Waals surface area contributed by atoms with Crippen molar-refractivity contribution in [1.82, 2.24) is 5.32 Å². The first-order valence-electron chi connectivity index (χ1n) is 9.09. The number of carboxylic acid groups (broad SMARTS) is 1. The third kappa shape index (κ3) is 5.69. The van der Waals surface area contributed by atoms with E-state index in [1.165, 1.54) is 12.1 Å². The molecule has 0 unspecified atom stereocenters. The summed E-state index contributed by atoms with van der Waals surface area (Å²) in [5.74, 6) is -2.14. The summed E-state index contributed by atoms with van der Waals surface area (Å²) in [4.78, 5) is 24.4. The monoisotopic (exact) mass is 455 g/mol. The third-order valence-electron chi connectivity index (χ3n) is 4.43. The van der Waals surface area contributed by atoms with Crippen molar-refractivity contribution in [3.63, 3.8) is 0 Å². The maximum atomic E-state index is 13.1. The molecule has 2 aliphatic rings. The van der Waals surface area contributed by atoms with E-state index in [0.29, 0.717) is 17.4 Å². The molecule has 4 rings (SSSR count). The maximum absolute atomic E-state index is 13.1. The van der Waals surface area contributed by atoms with E-state index in [9.17, 15) is 27.9 Å². The van der Waals surface area contributed by atoms with E-state index in [0.717, 1.165) is 12.1 Å². The molecule has 0 saturated heterocycles. The van der Waals surface area contributed by atoms with Crippen molar-refractivity contribution in [3.05, 3.63) is 70.3 Å². The van der Waals surface area contributed by atoms with Crippen LogP contribution in [-0.2, 0) is 17.4 Å². The molecule has 2 heterocycles. The normalized spacial score (nSPS) is 17.3. The number of amides is 1. The van der Waals surface area contributed by atoms with Gasteiger partial charge in [0, 0.05) is 6.42 Å². The van der Waals surface area contributed by atoms with Crippen molar-refractivity contribution in [1.29, 1.82) is 0 Å². The molecule has 2 bridgehead atoms. The number of carbonyl (C=O) groups excluding carboxylic acids is 1. The van der Waals surface area contributed by atoms with Crippen molar-refractivity contribution >= 4 is 23.5 Å². The van der Waals surface area contributed by atoms with Gasteiger partial charge in [-0.05, 0) is 48.0 Å². The van der Waals surface area contributed by atoms with E-state index in [1.807, 2.05) is 0 Å².